The molecule has 0 saturated heterocycles. The molecule has 0 bridgehead atoms. The molecule has 3 rings (SSSR count). The molecule has 1 aliphatic rings. The topological polar surface area (TPSA) is 100 Å². The van der Waals surface area contributed by atoms with Crippen molar-refractivity contribution >= 4 is 45.5 Å². The molecule has 7 nitrogen and oxygen atoms in total. The number of nitrogens with one attached hydrogen (secondary N) is 3. The third-order valence-corrected chi connectivity index (χ3v) is 7.31. The van der Waals surface area contributed by atoms with Crippen LogP contribution in [0.25, 0.3) is 0 Å². The summed E-state index contributed by atoms with van der Waals surface area (Å²) in [4.78, 5) is 43.2. The van der Waals surface area contributed by atoms with Gasteiger partial charge in [-0.25, -0.2) is 4.98 Å². The molecule has 3 N–H and O–H groups in total. The Morgan fingerprint density at radius 3 is 2.52 bits per heavy atom. The summed E-state index contributed by atoms with van der Waals surface area (Å²) in [5.74, 6) is -0.448. The average molecular weight is 463 g/mol. The van der Waals surface area contributed by atoms with E-state index < -0.39 is 6.04 Å². The van der Waals surface area contributed by atoms with E-state index in [0.29, 0.717) is 24.5 Å². The smallest absolute Gasteiger partial charge is 0.242 e. The maximum absolute atomic E-state index is 12.9. The SMILES string of the molecule is CCC(NC(=O)CC1(CC(=O)Nc2nccs2)CCCCC1)C(=O)NCc1cccs1. The van der Waals surface area contributed by atoms with Crippen LogP contribution >= 0.6 is 22.7 Å². The molecular formula is C22H30N4O3S2. The lowest BCUT2D eigenvalue weighted by molar-refractivity contribution is -0.131. The largest absolute Gasteiger partial charge is 0.349 e. The highest BCUT2D eigenvalue weighted by molar-refractivity contribution is 7.13. The number of carbonyl (C=O) groups is 3. The first kappa shape index (κ1) is 23.4. The molecule has 31 heavy (non-hydrogen) atoms. The molecule has 0 aromatic carbocycles. The molecule has 2 aromatic heterocycles. The summed E-state index contributed by atoms with van der Waals surface area (Å²) in [6.07, 6.45) is 7.54. The van der Waals surface area contributed by atoms with E-state index in [4.69, 9.17) is 0 Å². The minimum atomic E-state index is -0.572. The van der Waals surface area contributed by atoms with Crippen molar-refractivity contribution < 1.29 is 14.4 Å². The number of hydrogen-bond acceptors (Lipinski definition) is 6. The molecule has 168 valence electrons. The van der Waals surface area contributed by atoms with Crippen molar-refractivity contribution in [1.29, 1.82) is 0 Å². The van der Waals surface area contributed by atoms with E-state index in [1.54, 1.807) is 17.5 Å². The third-order valence-electron chi connectivity index (χ3n) is 5.74. The lowest BCUT2D eigenvalue weighted by Gasteiger charge is -2.36. The first-order valence-electron chi connectivity index (χ1n) is 10.8. The summed E-state index contributed by atoms with van der Waals surface area (Å²) >= 11 is 2.96. The van der Waals surface area contributed by atoms with Crippen molar-refractivity contribution in [3.63, 3.8) is 0 Å². The highest BCUT2D eigenvalue weighted by atomic mass is 32.1. The normalized spacial score (nSPS) is 16.3. The molecule has 2 heterocycles. The van der Waals surface area contributed by atoms with Gasteiger partial charge in [0.1, 0.15) is 6.04 Å². The number of carbonyl (C=O) groups excluding carboxylic acids is 3. The minimum absolute atomic E-state index is 0.106. The molecule has 1 aliphatic carbocycles. The summed E-state index contributed by atoms with van der Waals surface area (Å²) < 4.78 is 0. The average Bonchev–Trinajstić information content (AvgIpc) is 3.44. The zero-order chi connectivity index (χ0) is 22.1. The third kappa shape index (κ3) is 7.14. The summed E-state index contributed by atoms with van der Waals surface area (Å²) in [6, 6.07) is 3.34. The van der Waals surface area contributed by atoms with Gasteiger partial charge in [-0.05, 0) is 36.1 Å². The van der Waals surface area contributed by atoms with E-state index in [9.17, 15) is 14.4 Å². The van der Waals surface area contributed by atoms with Gasteiger partial charge < -0.3 is 16.0 Å². The Bertz CT molecular complexity index is 846. The number of hydrogen-bond donors (Lipinski definition) is 3. The second-order valence-electron chi connectivity index (χ2n) is 8.13. The highest BCUT2D eigenvalue weighted by Crippen LogP contribution is 2.42. The van der Waals surface area contributed by atoms with E-state index in [2.05, 4.69) is 20.9 Å². The highest BCUT2D eigenvalue weighted by Gasteiger charge is 2.37. The number of aromatic nitrogens is 1. The predicted octanol–water partition coefficient (Wildman–Crippen LogP) is 4.09. The van der Waals surface area contributed by atoms with Crippen molar-refractivity contribution in [3.05, 3.63) is 34.0 Å². The van der Waals surface area contributed by atoms with Crippen LogP contribution in [0.5, 0.6) is 0 Å². The van der Waals surface area contributed by atoms with Gasteiger partial charge in [-0.3, -0.25) is 14.4 Å². The maximum atomic E-state index is 12.9. The summed E-state index contributed by atoms with van der Waals surface area (Å²) in [5, 5.41) is 13.0. The number of nitrogens with zero attached hydrogens (tertiary/aromatic N) is 1. The van der Waals surface area contributed by atoms with Crippen LogP contribution in [-0.2, 0) is 20.9 Å². The van der Waals surface area contributed by atoms with Gasteiger partial charge in [-0.1, -0.05) is 32.3 Å². The Labute approximate surface area is 191 Å². The molecule has 0 aliphatic heterocycles. The number of anilines is 1. The van der Waals surface area contributed by atoms with Crippen molar-refractivity contribution in [2.24, 2.45) is 5.41 Å². The van der Waals surface area contributed by atoms with E-state index in [-0.39, 0.29) is 29.6 Å². The summed E-state index contributed by atoms with van der Waals surface area (Å²) in [7, 11) is 0. The fourth-order valence-electron chi connectivity index (χ4n) is 4.16. The first-order chi connectivity index (χ1) is 15.0. The Kier molecular flexibility index (Phi) is 8.60. The molecule has 0 spiro atoms. The molecule has 1 atom stereocenters. The number of thiazole rings is 1. The summed E-state index contributed by atoms with van der Waals surface area (Å²) in [6.45, 7) is 2.34. The van der Waals surface area contributed by atoms with Gasteiger partial charge in [0.2, 0.25) is 17.7 Å². The van der Waals surface area contributed by atoms with Gasteiger partial charge in [0.05, 0.1) is 6.54 Å². The van der Waals surface area contributed by atoms with E-state index in [0.717, 1.165) is 37.0 Å². The van der Waals surface area contributed by atoms with Crippen LogP contribution < -0.4 is 16.0 Å². The van der Waals surface area contributed by atoms with Crippen LogP contribution in [0.4, 0.5) is 5.13 Å². The molecular weight excluding hydrogens is 432 g/mol. The fraction of sp³-hybridized carbons (Fsp3) is 0.545. The van der Waals surface area contributed by atoms with Crippen molar-refractivity contribution in [2.45, 2.75) is 70.9 Å². The Morgan fingerprint density at radius 1 is 1.10 bits per heavy atom. The van der Waals surface area contributed by atoms with Crippen LogP contribution in [0.15, 0.2) is 29.1 Å². The monoisotopic (exact) mass is 462 g/mol. The van der Waals surface area contributed by atoms with Crippen LogP contribution in [0, 0.1) is 5.41 Å². The molecule has 1 fully saturated rings. The predicted molar refractivity (Wildman–Crippen MR) is 124 cm³/mol. The van der Waals surface area contributed by atoms with Gasteiger partial charge in [0.25, 0.3) is 0 Å². The van der Waals surface area contributed by atoms with E-state index in [1.807, 2.05) is 29.8 Å². The molecule has 9 heteroatoms. The van der Waals surface area contributed by atoms with Crippen LogP contribution in [0.2, 0.25) is 0 Å². The van der Waals surface area contributed by atoms with Gasteiger partial charge in [-0.2, -0.15) is 0 Å². The quantitative estimate of drug-likeness (QED) is 0.495. The number of rotatable bonds is 10. The van der Waals surface area contributed by atoms with Gasteiger partial charge in [-0.15, -0.1) is 22.7 Å². The maximum Gasteiger partial charge on any atom is 0.242 e. The molecule has 2 aromatic rings. The van der Waals surface area contributed by atoms with Crippen LogP contribution in [0.3, 0.4) is 0 Å². The van der Waals surface area contributed by atoms with Gasteiger partial charge >= 0.3 is 0 Å². The van der Waals surface area contributed by atoms with Crippen molar-refractivity contribution in [3.8, 4) is 0 Å². The molecule has 3 amide bonds. The fourth-order valence-corrected chi connectivity index (χ4v) is 5.35. The van der Waals surface area contributed by atoms with Gasteiger partial charge in [0, 0.05) is 29.3 Å². The molecule has 1 unspecified atom stereocenters. The lowest BCUT2D eigenvalue weighted by Crippen LogP contribution is -2.47. The van der Waals surface area contributed by atoms with E-state index >= 15 is 0 Å². The Morgan fingerprint density at radius 2 is 1.87 bits per heavy atom. The summed E-state index contributed by atoms with van der Waals surface area (Å²) in [5.41, 5.74) is -0.366. The van der Waals surface area contributed by atoms with Crippen LogP contribution in [-0.4, -0.2) is 28.7 Å². The zero-order valence-electron chi connectivity index (χ0n) is 17.8. The molecule has 0 radical (unpaired) electrons. The Balaban J connectivity index is 1.55. The van der Waals surface area contributed by atoms with Crippen molar-refractivity contribution in [1.82, 2.24) is 15.6 Å². The van der Waals surface area contributed by atoms with Crippen molar-refractivity contribution in [2.75, 3.05) is 5.32 Å². The van der Waals surface area contributed by atoms with E-state index in [1.165, 1.54) is 11.3 Å². The zero-order valence-corrected chi connectivity index (χ0v) is 19.4. The second kappa shape index (κ2) is 11.4. The van der Waals surface area contributed by atoms with Gasteiger partial charge in [0.15, 0.2) is 5.13 Å². The lowest BCUT2D eigenvalue weighted by atomic mass is 9.69. The number of thiophene rings is 1. The molecule has 1 saturated carbocycles. The Hall–Kier alpha value is -2.26. The second-order valence-corrected chi connectivity index (χ2v) is 10.1. The number of amides is 3. The van der Waals surface area contributed by atoms with Crippen LogP contribution in [0.1, 0.15) is 63.2 Å². The minimum Gasteiger partial charge on any atom is -0.349 e. The standard InChI is InChI=1S/C22H30N4O3S2/c1-2-17(20(29)24-15-16-7-6-11-30-16)25-18(27)13-22(8-4-3-5-9-22)14-19(28)26-21-23-10-12-31-21/h6-7,10-12,17H,2-5,8-9,13-15H2,1H3,(H,24,29)(H,25,27)(H,23,26,28). The first-order valence-corrected chi connectivity index (χ1v) is 12.5.